The predicted octanol–water partition coefficient (Wildman–Crippen LogP) is 1.72. The van der Waals surface area contributed by atoms with E-state index in [-0.39, 0.29) is 5.30 Å². The molecule has 0 amide bonds. The van der Waals surface area contributed by atoms with Gasteiger partial charge in [-0.2, -0.15) is 0 Å². The van der Waals surface area contributed by atoms with Gasteiger partial charge in [-0.1, -0.05) is 6.07 Å². The van der Waals surface area contributed by atoms with E-state index in [2.05, 4.69) is 0 Å². The molecule has 0 aromatic heterocycles. The van der Waals surface area contributed by atoms with Crippen molar-refractivity contribution in [3.8, 4) is 0 Å². The Morgan fingerprint density at radius 3 is 1.93 bits per heavy atom. The van der Waals surface area contributed by atoms with Crippen LogP contribution in [-0.4, -0.2) is 9.79 Å². The monoisotopic (exact) mass is 214 g/mol. The smallest absolute Gasteiger partial charge is 0.321 e. The van der Waals surface area contributed by atoms with E-state index in [0.29, 0.717) is 11.1 Å². The molecule has 3 nitrogen and oxygen atoms in total. The molecule has 0 aliphatic heterocycles. The molecule has 0 atom stereocenters. The van der Waals surface area contributed by atoms with Crippen molar-refractivity contribution in [3.05, 3.63) is 28.3 Å². The molecule has 1 rings (SSSR count). The van der Waals surface area contributed by atoms with E-state index < -0.39 is 7.60 Å². The molecule has 78 valence electrons. The first kappa shape index (κ1) is 11.4. The minimum absolute atomic E-state index is 0.181. The second-order valence-electron chi connectivity index (χ2n) is 3.65. The van der Waals surface area contributed by atoms with Crippen LogP contribution in [0, 0.1) is 27.7 Å². The molecule has 2 N–H and O–H groups in total. The quantitative estimate of drug-likeness (QED) is 0.700. The summed E-state index contributed by atoms with van der Waals surface area (Å²) in [6.07, 6.45) is 0. The lowest BCUT2D eigenvalue weighted by Crippen LogP contribution is -2.14. The topological polar surface area (TPSA) is 57.5 Å². The molecule has 14 heavy (non-hydrogen) atoms. The van der Waals surface area contributed by atoms with Crippen molar-refractivity contribution in [3.63, 3.8) is 0 Å². The standard InChI is InChI=1S/C10H15O3P/c1-6-5-7(2)10(14(11,12)13)9(4)8(6)3/h5H,1-4H3,(H2,11,12,13). The van der Waals surface area contributed by atoms with Crippen molar-refractivity contribution >= 4 is 12.9 Å². The molecule has 1 aromatic rings. The van der Waals surface area contributed by atoms with Gasteiger partial charge in [-0.15, -0.1) is 0 Å². The van der Waals surface area contributed by atoms with Crippen LogP contribution in [0.3, 0.4) is 0 Å². The van der Waals surface area contributed by atoms with Crippen LogP contribution in [0.5, 0.6) is 0 Å². The van der Waals surface area contributed by atoms with E-state index in [9.17, 15) is 14.4 Å². The highest BCUT2D eigenvalue weighted by Gasteiger charge is 2.23. The van der Waals surface area contributed by atoms with Crippen LogP contribution in [-0.2, 0) is 4.57 Å². The average Bonchev–Trinajstić information content (AvgIpc) is 1.97. The zero-order valence-electron chi connectivity index (χ0n) is 8.83. The van der Waals surface area contributed by atoms with Crippen LogP contribution in [0.15, 0.2) is 6.07 Å². The Kier molecular flexibility index (Phi) is 2.86. The van der Waals surface area contributed by atoms with Crippen molar-refractivity contribution in [2.45, 2.75) is 27.7 Å². The summed E-state index contributed by atoms with van der Waals surface area (Å²) in [6.45, 7) is 7.31. The van der Waals surface area contributed by atoms with Gasteiger partial charge in [-0.3, -0.25) is 4.57 Å². The first-order valence-corrected chi connectivity index (χ1v) is 6.00. The van der Waals surface area contributed by atoms with E-state index in [1.807, 2.05) is 19.9 Å². The summed E-state index contributed by atoms with van der Waals surface area (Å²) in [4.78, 5) is 18.4. The van der Waals surface area contributed by atoms with Gasteiger partial charge in [0.1, 0.15) is 0 Å². The maximum atomic E-state index is 11.2. The van der Waals surface area contributed by atoms with E-state index in [1.54, 1.807) is 13.8 Å². The maximum absolute atomic E-state index is 11.2. The zero-order chi connectivity index (χ0) is 11.1. The van der Waals surface area contributed by atoms with Crippen molar-refractivity contribution in [2.24, 2.45) is 0 Å². The Bertz CT molecular complexity index is 418. The van der Waals surface area contributed by atoms with Crippen LogP contribution in [0.1, 0.15) is 22.3 Å². The molecule has 0 saturated carbocycles. The Hall–Kier alpha value is -0.630. The van der Waals surface area contributed by atoms with Gasteiger partial charge < -0.3 is 9.79 Å². The van der Waals surface area contributed by atoms with Crippen molar-refractivity contribution in [1.82, 2.24) is 0 Å². The fraction of sp³-hybridized carbons (Fsp3) is 0.400. The summed E-state index contributed by atoms with van der Waals surface area (Å²) in [5.41, 5.74) is 3.39. The molecule has 0 aliphatic rings. The summed E-state index contributed by atoms with van der Waals surface area (Å²) in [5.74, 6) is 0. The van der Waals surface area contributed by atoms with Gasteiger partial charge in [0, 0.05) is 0 Å². The van der Waals surface area contributed by atoms with Gasteiger partial charge in [0.05, 0.1) is 5.30 Å². The molecular weight excluding hydrogens is 199 g/mol. The molecule has 0 spiro atoms. The van der Waals surface area contributed by atoms with Crippen molar-refractivity contribution in [2.75, 3.05) is 0 Å². The molecule has 0 saturated heterocycles. The third-order valence-electron chi connectivity index (χ3n) is 2.61. The minimum atomic E-state index is -4.14. The first-order chi connectivity index (χ1) is 6.25. The van der Waals surface area contributed by atoms with E-state index in [0.717, 1.165) is 11.1 Å². The van der Waals surface area contributed by atoms with Gasteiger partial charge in [0.25, 0.3) is 0 Å². The van der Waals surface area contributed by atoms with Crippen molar-refractivity contribution < 1.29 is 14.4 Å². The molecule has 0 bridgehead atoms. The van der Waals surface area contributed by atoms with Crippen LogP contribution in [0.4, 0.5) is 0 Å². The average molecular weight is 214 g/mol. The van der Waals surface area contributed by atoms with Gasteiger partial charge in [0.15, 0.2) is 0 Å². The van der Waals surface area contributed by atoms with Gasteiger partial charge in [-0.05, 0) is 49.9 Å². The highest BCUT2D eigenvalue weighted by molar-refractivity contribution is 7.60. The van der Waals surface area contributed by atoms with Crippen LogP contribution >= 0.6 is 7.60 Å². The number of hydrogen-bond donors (Lipinski definition) is 2. The number of aryl methyl sites for hydroxylation is 2. The van der Waals surface area contributed by atoms with E-state index in [4.69, 9.17) is 0 Å². The van der Waals surface area contributed by atoms with Crippen LogP contribution in [0.2, 0.25) is 0 Å². The Labute approximate surface area is 83.9 Å². The molecule has 0 aliphatic carbocycles. The number of rotatable bonds is 1. The normalized spacial score (nSPS) is 11.9. The number of benzene rings is 1. The predicted molar refractivity (Wildman–Crippen MR) is 57.1 cm³/mol. The minimum Gasteiger partial charge on any atom is -0.321 e. The lowest BCUT2D eigenvalue weighted by atomic mass is 10.0. The largest absolute Gasteiger partial charge is 0.356 e. The highest BCUT2D eigenvalue weighted by atomic mass is 31.2. The van der Waals surface area contributed by atoms with Crippen LogP contribution < -0.4 is 5.30 Å². The first-order valence-electron chi connectivity index (χ1n) is 4.38. The Morgan fingerprint density at radius 1 is 1.00 bits per heavy atom. The summed E-state index contributed by atoms with van der Waals surface area (Å²) in [5, 5.41) is 0.181. The molecule has 4 heteroatoms. The zero-order valence-corrected chi connectivity index (χ0v) is 9.72. The highest BCUT2D eigenvalue weighted by Crippen LogP contribution is 2.37. The summed E-state index contributed by atoms with van der Waals surface area (Å²) in [6, 6.07) is 1.82. The maximum Gasteiger partial charge on any atom is 0.356 e. The molecule has 0 radical (unpaired) electrons. The lowest BCUT2D eigenvalue weighted by Gasteiger charge is -2.15. The van der Waals surface area contributed by atoms with E-state index in [1.165, 1.54) is 0 Å². The Balaban J connectivity index is 3.61. The summed E-state index contributed by atoms with van der Waals surface area (Å²) >= 11 is 0. The van der Waals surface area contributed by atoms with Gasteiger partial charge in [0.2, 0.25) is 0 Å². The summed E-state index contributed by atoms with van der Waals surface area (Å²) in [7, 11) is -4.14. The fourth-order valence-corrected chi connectivity index (χ4v) is 2.85. The van der Waals surface area contributed by atoms with E-state index >= 15 is 0 Å². The van der Waals surface area contributed by atoms with Crippen molar-refractivity contribution in [1.29, 1.82) is 0 Å². The van der Waals surface area contributed by atoms with Crippen LogP contribution in [0.25, 0.3) is 0 Å². The SMILES string of the molecule is Cc1cc(C)c(P(=O)(O)O)c(C)c1C. The lowest BCUT2D eigenvalue weighted by molar-refractivity contribution is 0.387. The fourth-order valence-electron chi connectivity index (χ4n) is 1.72. The Morgan fingerprint density at radius 2 is 1.50 bits per heavy atom. The molecular formula is C10H15O3P. The third kappa shape index (κ3) is 1.90. The molecule has 0 fully saturated rings. The molecule has 0 heterocycles. The number of hydrogen-bond acceptors (Lipinski definition) is 1. The van der Waals surface area contributed by atoms with Gasteiger partial charge in [-0.25, -0.2) is 0 Å². The molecule has 0 unspecified atom stereocenters. The molecule has 1 aromatic carbocycles. The second kappa shape index (κ2) is 3.50. The summed E-state index contributed by atoms with van der Waals surface area (Å²) < 4.78 is 11.2. The second-order valence-corrected chi connectivity index (χ2v) is 5.19. The third-order valence-corrected chi connectivity index (χ3v) is 3.88. The van der Waals surface area contributed by atoms with Gasteiger partial charge >= 0.3 is 7.60 Å².